The molecule has 0 saturated heterocycles. The first-order valence-corrected chi connectivity index (χ1v) is 11.1. The van der Waals surface area contributed by atoms with Crippen molar-refractivity contribution in [2.24, 2.45) is 5.92 Å². The topological polar surface area (TPSA) is 80.2 Å². The first kappa shape index (κ1) is 22.8. The molecule has 0 aliphatic carbocycles. The third-order valence-corrected chi connectivity index (χ3v) is 5.77. The Morgan fingerprint density at radius 2 is 1.97 bits per heavy atom. The maximum absolute atomic E-state index is 13.3. The van der Waals surface area contributed by atoms with E-state index in [2.05, 4.69) is 15.2 Å². The Morgan fingerprint density at radius 1 is 1.18 bits per heavy atom. The van der Waals surface area contributed by atoms with E-state index in [1.165, 1.54) is 19.2 Å². The van der Waals surface area contributed by atoms with Crippen molar-refractivity contribution in [1.82, 2.24) is 19.9 Å². The molecule has 33 heavy (non-hydrogen) atoms. The van der Waals surface area contributed by atoms with E-state index in [9.17, 15) is 9.18 Å². The number of carbonyl (C=O) groups is 1. The smallest absolute Gasteiger partial charge is 0.328 e. The minimum absolute atomic E-state index is 0.000254. The van der Waals surface area contributed by atoms with Crippen molar-refractivity contribution in [2.75, 3.05) is 19.0 Å². The van der Waals surface area contributed by atoms with Gasteiger partial charge in [-0.1, -0.05) is 32.0 Å². The van der Waals surface area contributed by atoms with Crippen molar-refractivity contribution < 1.29 is 13.9 Å². The molecule has 172 valence electrons. The van der Waals surface area contributed by atoms with Crippen LogP contribution in [0.5, 0.6) is 0 Å². The van der Waals surface area contributed by atoms with Gasteiger partial charge in [0.25, 0.3) is 0 Å². The van der Waals surface area contributed by atoms with E-state index >= 15 is 0 Å². The van der Waals surface area contributed by atoms with Crippen LogP contribution < -0.4 is 5.32 Å². The second kappa shape index (κ2) is 10.0. The molecule has 2 aromatic heterocycles. The van der Waals surface area contributed by atoms with Gasteiger partial charge in [-0.15, -0.1) is 0 Å². The van der Waals surface area contributed by atoms with Gasteiger partial charge < -0.3 is 10.1 Å². The average Bonchev–Trinajstić information content (AvgIpc) is 2.83. The van der Waals surface area contributed by atoms with E-state index in [0.717, 1.165) is 29.8 Å². The predicted octanol–water partition coefficient (Wildman–Crippen LogP) is 3.85. The van der Waals surface area contributed by atoms with Crippen molar-refractivity contribution in [3.05, 3.63) is 71.3 Å². The van der Waals surface area contributed by atoms with Crippen LogP contribution in [0.15, 0.2) is 48.7 Å². The molecule has 0 fully saturated rings. The number of benzene rings is 1. The fraction of sp³-hybridized carbons (Fsp3) is 0.360. The molecular formula is C25H28FN5O2. The molecule has 8 heteroatoms. The molecule has 7 nitrogen and oxygen atoms in total. The van der Waals surface area contributed by atoms with Crippen molar-refractivity contribution in [1.29, 1.82) is 0 Å². The van der Waals surface area contributed by atoms with Crippen LogP contribution in [0, 0.1) is 11.7 Å². The number of halogens is 1. The summed E-state index contributed by atoms with van der Waals surface area (Å²) in [5, 5.41) is 3.33. The second-order valence-electron chi connectivity index (χ2n) is 8.51. The van der Waals surface area contributed by atoms with Crippen LogP contribution >= 0.6 is 0 Å². The minimum Gasteiger partial charge on any atom is -0.467 e. The first-order valence-electron chi connectivity index (χ1n) is 11.1. The van der Waals surface area contributed by atoms with Crippen LogP contribution in [-0.4, -0.2) is 45.5 Å². The summed E-state index contributed by atoms with van der Waals surface area (Å²) >= 11 is 0. The quantitative estimate of drug-likeness (QED) is 0.549. The molecule has 4 rings (SSSR count). The predicted molar refractivity (Wildman–Crippen MR) is 124 cm³/mol. The number of anilines is 1. The molecule has 1 atom stereocenters. The lowest BCUT2D eigenvalue weighted by Gasteiger charge is -2.31. The summed E-state index contributed by atoms with van der Waals surface area (Å²) in [6.07, 6.45) is 2.44. The molecule has 1 unspecified atom stereocenters. The molecule has 0 saturated carbocycles. The number of aromatic nitrogens is 3. The normalized spacial score (nSPS) is 14.6. The molecule has 1 N–H and O–H groups in total. The highest BCUT2D eigenvalue weighted by atomic mass is 19.1. The molecule has 1 aromatic carbocycles. The second-order valence-corrected chi connectivity index (χ2v) is 8.51. The van der Waals surface area contributed by atoms with Crippen LogP contribution in [0.25, 0.3) is 11.5 Å². The van der Waals surface area contributed by atoms with Gasteiger partial charge in [0.1, 0.15) is 23.4 Å². The van der Waals surface area contributed by atoms with E-state index in [4.69, 9.17) is 14.7 Å². The zero-order valence-corrected chi connectivity index (χ0v) is 19.1. The van der Waals surface area contributed by atoms with Crippen LogP contribution in [0.1, 0.15) is 30.7 Å². The van der Waals surface area contributed by atoms with Gasteiger partial charge in [0.05, 0.1) is 12.8 Å². The van der Waals surface area contributed by atoms with Gasteiger partial charge >= 0.3 is 5.97 Å². The Hall–Kier alpha value is -3.39. The number of hydrogen-bond acceptors (Lipinski definition) is 7. The summed E-state index contributed by atoms with van der Waals surface area (Å²) < 4.78 is 18.3. The largest absolute Gasteiger partial charge is 0.467 e. The van der Waals surface area contributed by atoms with Crippen LogP contribution in [0.2, 0.25) is 0 Å². The Kier molecular flexibility index (Phi) is 6.93. The number of hydrogen-bond donors (Lipinski definition) is 1. The number of methoxy groups -OCH3 is 1. The zero-order valence-electron chi connectivity index (χ0n) is 19.1. The molecule has 1 aliphatic rings. The Morgan fingerprint density at radius 3 is 2.64 bits per heavy atom. The monoisotopic (exact) mass is 449 g/mol. The number of ether oxygens (including phenoxy) is 1. The third kappa shape index (κ3) is 5.34. The maximum atomic E-state index is 13.3. The number of carbonyl (C=O) groups excluding carboxylic acids is 1. The standard InChI is InChI=1S/C25H28FN5O2/c1-16(2)22(25(32)33-3)29-23-19-15-31(14-17-7-9-18(26)10-8-17)13-11-20(19)28-24(30-23)21-6-4-5-12-27-21/h4-10,12,16,22H,11,13-15H2,1-3H3,(H,28,29,30). The number of pyridine rings is 1. The van der Waals surface area contributed by atoms with Crippen molar-refractivity contribution in [3.8, 4) is 11.5 Å². The number of esters is 1. The fourth-order valence-electron chi connectivity index (χ4n) is 3.95. The SMILES string of the molecule is COC(=O)C(Nc1nc(-c2ccccn2)nc2c1CN(Cc1ccc(F)cc1)CC2)C(C)C. The van der Waals surface area contributed by atoms with Crippen molar-refractivity contribution >= 4 is 11.8 Å². The highest BCUT2D eigenvalue weighted by Gasteiger charge is 2.28. The third-order valence-electron chi connectivity index (χ3n) is 5.77. The lowest BCUT2D eigenvalue weighted by molar-refractivity contribution is -0.142. The molecule has 0 spiro atoms. The molecule has 0 radical (unpaired) electrons. The van der Waals surface area contributed by atoms with Gasteiger partial charge in [0.15, 0.2) is 5.82 Å². The van der Waals surface area contributed by atoms with Crippen LogP contribution in [0.3, 0.4) is 0 Å². The van der Waals surface area contributed by atoms with Gasteiger partial charge in [-0.25, -0.2) is 19.2 Å². The van der Waals surface area contributed by atoms with Gasteiger partial charge in [0.2, 0.25) is 0 Å². The Balaban J connectivity index is 1.68. The maximum Gasteiger partial charge on any atom is 0.328 e. The lowest BCUT2D eigenvalue weighted by Crippen LogP contribution is -2.38. The first-order chi connectivity index (χ1) is 15.9. The zero-order chi connectivity index (χ0) is 23.4. The summed E-state index contributed by atoms with van der Waals surface area (Å²) in [6, 6.07) is 11.6. The van der Waals surface area contributed by atoms with Crippen LogP contribution in [-0.2, 0) is 29.0 Å². The highest BCUT2D eigenvalue weighted by Crippen LogP contribution is 2.29. The number of nitrogens with zero attached hydrogens (tertiary/aromatic N) is 4. The molecule has 0 bridgehead atoms. The number of nitrogens with one attached hydrogen (secondary N) is 1. The minimum atomic E-state index is -0.543. The van der Waals surface area contributed by atoms with Gasteiger partial charge in [-0.05, 0) is 35.7 Å². The summed E-state index contributed by atoms with van der Waals surface area (Å²) in [6.45, 7) is 6.04. The average molecular weight is 450 g/mol. The summed E-state index contributed by atoms with van der Waals surface area (Å²) in [5.41, 5.74) is 3.61. The Labute approximate surface area is 193 Å². The number of fused-ring (bicyclic) bond motifs is 1. The van der Waals surface area contributed by atoms with E-state index in [1.54, 1.807) is 18.3 Å². The van der Waals surface area contributed by atoms with Gasteiger partial charge in [-0.3, -0.25) is 9.88 Å². The van der Waals surface area contributed by atoms with E-state index in [1.807, 2.05) is 32.0 Å². The number of rotatable bonds is 7. The molecular weight excluding hydrogens is 421 g/mol. The lowest BCUT2D eigenvalue weighted by atomic mass is 10.0. The van der Waals surface area contributed by atoms with E-state index < -0.39 is 6.04 Å². The van der Waals surface area contributed by atoms with Crippen LogP contribution in [0.4, 0.5) is 10.2 Å². The van der Waals surface area contributed by atoms with Gasteiger partial charge in [-0.2, -0.15) is 0 Å². The van der Waals surface area contributed by atoms with E-state index in [0.29, 0.717) is 30.4 Å². The molecule has 1 aliphatic heterocycles. The van der Waals surface area contributed by atoms with Gasteiger partial charge in [0, 0.05) is 37.8 Å². The highest BCUT2D eigenvalue weighted by molar-refractivity contribution is 5.79. The Bertz CT molecular complexity index is 1110. The molecule has 3 heterocycles. The summed E-state index contributed by atoms with van der Waals surface area (Å²) in [7, 11) is 1.39. The summed E-state index contributed by atoms with van der Waals surface area (Å²) in [4.78, 5) is 28.7. The molecule has 3 aromatic rings. The van der Waals surface area contributed by atoms with Crippen molar-refractivity contribution in [2.45, 2.75) is 39.4 Å². The van der Waals surface area contributed by atoms with Crippen molar-refractivity contribution in [3.63, 3.8) is 0 Å². The summed E-state index contributed by atoms with van der Waals surface area (Å²) in [5.74, 6) is 0.563. The van der Waals surface area contributed by atoms with E-state index in [-0.39, 0.29) is 17.7 Å². The fourth-order valence-corrected chi connectivity index (χ4v) is 3.95. The molecule has 0 amide bonds.